The fourth-order valence-corrected chi connectivity index (χ4v) is 4.14. The number of carbonyl (C=O) groups excluding carboxylic acids is 1. The molecule has 3 rings (SSSR count). The molecule has 0 unspecified atom stereocenters. The van der Waals surface area contributed by atoms with Crippen molar-refractivity contribution in [3.05, 3.63) is 52.6 Å². The highest BCUT2D eigenvalue weighted by atomic mass is 16.5. The molecule has 1 aromatic carbocycles. The van der Waals surface area contributed by atoms with Crippen LogP contribution in [0.3, 0.4) is 0 Å². The number of esters is 1. The van der Waals surface area contributed by atoms with E-state index in [2.05, 4.69) is 68.6 Å². The van der Waals surface area contributed by atoms with Gasteiger partial charge in [0.2, 0.25) is 0 Å². The lowest BCUT2D eigenvalue weighted by Crippen LogP contribution is -2.41. The Morgan fingerprint density at radius 2 is 1.90 bits per heavy atom. The van der Waals surface area contributed by atoms with Crippen LogP contribution in [0.1, 0.15) is 76.0 Å². The SMILES string of the molecule is CCOC(=O)Cc1cnc(C#Cc2cc3c(cc2CC)OC(C)(C)CC3(C)C)cn1. The number of nitrogens with zero attached hydrogens (tertiary/aromatic N) is 2. The summed E-state index contributed by atoms with van der Waals surface area (Å²) in [4.78, 5) is 20.2. The van der Waals surface area contributed by atoms with Crippen LogP contribution in [-0.4, -0.2) is 28.1 Å². The first kappa shape index (κ1) is 21.8. The number of benzene rings is 1. The molecule has 1 aliphatic rings. The molecule has 0 fully saturated rings. The summed E-state index contributed by atoms with van der Waals surface area (Å²) >= 11 is 0. The van der Waals surface area contributed by atoms with E-state index >= 15 is 0 Å². The van der Waals surface area contributed by atoms with Crippen molar-refractivity contribution in [1.29, 1.82) is 0 Å². The number of ether oxygens (including phenoxy) is 2. The van der Waals surface area contributed by atoms with Gasteiger partial charge in [-0.05, 0) is 62.6 Å². The Kier molecular flexibility index (Phi) is 6.17. The second kappa shape index (κ2) is 8.47. The zero-order valence-electron chi connectivity index (χ0n) is 18.8. The Morgan fingerprint density at radius 3 is 2.53 bits per heavy atom. The van der Waals surface area contributed by atoms with Gasteiger partial charge in [-0.15, -0.1) is 0 Å². The van der Waals surface area contributed by atoms with Gasteiger partial charge in [0.25, 0.3) is 0 Å². The minimum atomic E-state index is -0.305. The van der Waals surface area contributed by atoms with E-state index in [1.54, 1.807) is 19.3 Å². The maximum Gasteiger partial charge on any atom is 0.311 e. The lowest BCUT2D eigenvalue weighted by Gasteiger charge is -2.42. The minimum absolute atomic E-state index is 0.00827. The Hall–Kier alpha value is -2.87. The molecule has 0 N–H and O–H groups in total. The molecule has 0 saturated carbocycles. The van der Waals surface area contributed by atoms with Crippen LogP contribution in [-0.2, 0) is 27.8 Å². The third kappa shape index (κ3) is 4.99. The smallest absolute Gasteiger partial charge is 0.311 e. The molecular formula is C25H30N2O3. The van der Waals surface area contributed by atoms with Crippen LogP contribution in [0.2, 0.25) is 0 Å². The maximum absolute atomic E-state index is 11.6. The summed E-state index contributed by atoms with van der Waals surface area (Å²) in [5.74, 6) is 7.04. The Labute approximate surface area is 179 Å². The molecular weight excluding hydrogens is 376 g/mol. The number of rotatable bonds is 4. The van der Waals surface area contributed by atoms with Crippen molar-refractivity contribution in [2.24, 2.45) is 0 Å². The highest BCUT2D eigenvalue weighted by molar-refractivity contribution is 5.71. The molecule has 5 nitrogen and oxygen atoms in total. The number of carbonyl (C=O) groups is 1. The number of fused-ring (bicyclic) bond motifs is 1. The maximum atomic E-state index is 11.6. The third-order valence-corrected chi connectivity index (χ3v) is 5.23. The van der Waals surface area contributed by atoms with Gasteiger partial charge < -0.3 is 9.47 Å². The van der Waals surface area contributed by atoms with Crippen molar-refractivity contribution < 1.29 is 14.3 Å². The van der Waals surface area contributed by atoms with Crippen molar-refractivity contribution in [3.8, 4) is 17.6 Å². The highest BCUT2D eigenvalue weighted by Crippen LogP contribution is 2.45. The number of hydrogen-bond donors (Lipinski definition) is 0. The molecule has 0 aliphatic carbocycles. The Balaban J connectivity index is 1.88. The normalized spacial score (nSPS) is 15.9. The van der Waals surface area contributed by atoms with Crippen LogP contribution in [0.5, 0.6) is 5.75 Å². The summed E-state index contributed by atoms with van der Waals surface area (Å²) in [6.45, 7) is 13.1. The molecule has 30 heavy (non-hydrogen) atoms. The van der Waals surface area contributed by atoms with Crippen molar-refractivity contribution in [2.45, 2.75) is 71.8 Å². The quantitative estimate of drug-likeness (QED) is 0.557. The molecule has 0 spiro atoms. The molecule has 1 aliphatic heterocycles. The van der Waals surface area contributed by atoms with Crippen LogP contribution in [0.4, 0.5) is 0 Å². The van der Waals surface area contributed by atoms with Gasteiger partial charge in [-0.25, -0.2) is 4.98 Å². The number of hydrogen-bond acceptors (Lipinski definition) is 5. The average molecular weight is 407 g/mol. The molecule has 0 bridgehead atoms. The topological polar surface area (TPSA) is 61.3 Å². The van der Waals surface area contributed by atoms with Crippen LogP contribution in [0.15, 0.2) is 24.5 Å². The van der Waals surface area contributed by atoms with Gasteiger partial charge in [0, 0.05) is 11.1 Å². The monoisotopic (exact) mass is 406 g/mol. The van der Waals surface area contributed by atoms with Crippen molar-refractivity contribution in [3.63, 3.8) is 0 Å². The molecule has 0 atom stereocenters. The summed E-state index contributed by atoms with van der Waals surface area (Å²) in [6.07, 6.45) is 5.10. The highest BCUT2D eigenvalue weighted by Gasteiger charge is 2.39. The first-order valence-corrected chi connectivity index (χ1v) is 10.5. The molecule has 0 amide bonds. The predicted octanol–water partition coefficient (Wildman–Crippen LogP) is 4.38. The standard InChI is InChI=1S/C25H30N2O3/c1-7-17-12-22-21(24(3,4)16-25(5,6)30-22)11-18(17)9-10-19-14-27-20(15-26-19)13-23(28)29-8-2/h11-12,14-15H,7-8,13,16H2,1-6H3. The lowest BCUT2D eigenvalue weighted by molar-refractivity contribution is -0.142. The average Bonchev–Trinajstić information content (AvgIpc) is 2.65. The van der Waals surface area contributed by atoms with E-state index in [1.165, 1.54) is 5.56 Å². The molecule has 2 heterocycles. The van der Waals surface area contributed by atoms with E-state index in [4.69, 9.17) is 9.47 Å². The Bertz CT molecular complexity index is 996. The van der Waals surface area contributed by atoms with Crippen molar-refractivity contribution in [2.75, 3.05) is 6.61 Å². The fourth-order valence-electron chi connectivity index (χ4n) is 4.14. The van der Waals surface area contributed by atoms with E-state index in [1.807, 2.05) is 0 Å². The lowest BCUT2D eigenvalue weighted by atomic mass is 9.73. The molecule has 0 radical (unpaired) electrons. The zero-order chi connectivity index (χ0) is 21.9. The molecule has 0 saturated heterocycles. The van der Waals surface area contributed by atoms with Gasteiger partial charge in [-0.1, -0.05) is 26.7 Å². The second-order valence-corrected chi connectivity index (χ2v) is 8.91. The van der Waals surface area contributed by atoms with E-state index in [0.29, 0.717) is 18.0 Å². The third-order valence-electron chi connectivity index (χ3n) is 5.23. The van der Waals surface area contributed by atoms with E-state index in [0.717, 1.165) is 29.7 Å². The summed E-state index contributed by atoms with van der Waals surface area (Å²) < 4.78 is 11.2. The fraction of sp³-hybridized carbons (Fsp3) is 0.480. The number of aromatic nitrogens is 2. The molecule has 158 valence electrons. The van der Waals surface area contributed by atoms with Crippen LogP contribution < -0.4 is 4.74 Å². The Morgan fingerprint density at radius 1 is 1.13 bits per heavy atom. The molecule has 2 aromatic rings. The number of aryl methyl sites for hydroxylation is 1. The minimum Gasteiger partial charge on any atom is -0.488 e. The first-order valence-electron chi connectivity index (χ1n) is 10.5. The van der Waals surface area contributed by atoms with E-state index < -0.39 is 0 Å². The van der Waals surface area contributed by atoms with Gasteiger partial charge in [0.05, 0.1) is 31.1 Å². The van der Waals surface area contributed by atoms with Crippen LogP contribution in [0, 0.1) is 11.8 Å². The molecule has 5 heteroatoms. The summed E-state index contributed by atoms with van der Waals surface area (Å²) in [6, 6.07) is 4.30. The molecule has 1 aromatic heterocycles. The first-order chi connectivity index (χ1) is 14.1. The van der Waals surface area contributed by atoms with Gasteiger partial charge in [-0.3, -0.25) is 9.78 Å². The predicted molar refractivity (Wildman–Crippen MR) is 117 cm³/mol. The van der Waals surface area contributed by atoms with Gasteiger partial charge in [0.15, 0.2) is 0 Å². The summed E-state index contributed by atoms with van der Waals surface area (Å²) in [7, 11) is 0. The second-order valence-electron chi connectivity index (χ2n) is 8.91. The van der Waals surface area contributed by atoms with Gasteiger partial charge in [-0.2, -0.15) is 0 Å². The largest absolute Gasteiger partial charge is 0.488 e. The van der Waals surface area contributed by atoms with E-state index in [9.17, 15) is 4.79 Å². The van der Waals surface area contributed by atoms with Crippen molar-refractivity contribution in [1.82, 2.24) is 9.97 Å². The zero-order valence-corrected chi connectivity index (χ0v) is 18.8. The van der Waals surface area contributed by atoms with E-state index in [-0.39, 0.29) is 23.4 Å². The van der Waals surface area contributed by atoms with Crippen LogP contribution in [0.25, 0.3) is 0 Å². The van der Waals surface area contributed by atoms with Crippen LogP contribution >= 0.6 is 0 Å². The summed E-state index contributed by atoms with van der Waals surface area (Å²) in [5, 5.41) is 0. The van der Waals surface area contributed by atoms with Gasteiger partial charge >= 0.3 is 5.97 Å². The van der Waals surface area contributed by atoms with Crippen molar-refractivity contribution >= 4 is 5.97 Å². The summed E-state index contributed by atoms with van der Waals surface area (Å²) in [5.41, 5.74) is 4.30. The van der Waals surface area contributed by atoms with Gasteiger partial charge in [0.1, 0.15) is 17.0 Å².